The first kappa shape index (κ1) is 14.9. The van der Waals surface area contributed by atoms with E-state index in [9.17, 15) is 0 Å². The molecule has 1 heterocycles. The molecule has 0 aliphatic heterocycles. The van der Waals surface area contributed by atoms with Gasteiger partial charge in [-0.2, -0.15) is 0 Å². The van der Waals surface area contributed by atoms with E-state index in [0.717, 1.165) is 35.9 Å². The summed E-state index contributed by atoms with van der Waals surface area (Å²) in [5, 5.41) is 2.37. The maximum Gasteiger partial charge on any atom is 0.139 e. The fourth-order valence-electron chi connectivity index (χ4n) is 3.59. The van der Waals surface area contributed by atoms with Crippen molar-refractivity contribution in [2.24, 2.45) is 0 Å². The Kier molecular flexibility index (Phi) is 3.60. The summed E-state index contributed by atoms with van der Waals surface area (Å²) in [6.07, 6.45) is 3.29. The van der Waals surface area contributed by atoms with E-state index in [-0.39, 0.29) is 0 Å². The number of methoxy groups -OCH3 is 1. The number of benzene rings is 2. The van der Waals surface area contributed by atoms with E-state index in [2.05, 4.69) is 47.3 Å². The van der Waals surface area contributed by atoms with E-state index < -0.39 is 0 Å². The van der Waals surface area contributed by atoms with Gasteiger partial charge in [-0.25, -0.2) is 9.97 Å². The Hall–Kier alpha value is -2.62. The number of rotatable bonds is 3. The minimum atomic E-state index is 0.847. The second-order valence-corrected chi connectivity index (χ2v) is 6.30. The normalized spacial score (nSPS) is 13.1. The third kappa shape index (κ3) is 2.39. The van der Waals surface area contributed by atoms with Gasteiger partial charge in [0.2, 0.25) is 0 Å². The average Bonchev–Trinajstić information content (AvgIpc) is 3.07. The molecule has 1 aliphatic carbocycles. The molecular weight excluding hydrogens is 298 g/mol. The average molecular weight is 319 g/mol. The summed E-state index contributed by atoms with van der Waals surface area (Å²) < 4.78 is 5.35. The van der Waals surface area contributed by atoms with Crippen LogP contribution in [0.5, 0.6) is 5.75 Å². The molecule has 0 bridgehead atoms. The van der Waals surface area contributed by atoms with Crippen LogP contribution in [0.2, 0.25) is 0 Å². The standard InChI is InChI=1S/C20H21N3O/c1-13-21-18-8-5-7-17(18)20(22-13)23(2)19-9-4-6-14-12-15(24-3)10-11-16(14)19/h4,6,9-12H,5,7-8H2,1-3H3. The van der Waals surface area contributed by atoms with Gasteiger partial charge in [0.25, 0.3) is 0 Å². The Balaban J connectivity index is 1.86. The zero-order valence-electron chi connectivity index (χ0n) is 14.3. The summed E-state index contributed by atoms with van der Waals surface area (Å²) in [7, 11) is 3.80. The maximum absolute atomic E-state index is 5.35. The highest BCUT2D eigenvalue weighted by Gasteiger charge is 2.22. The Morgan fingerprint density at radius 2 is 1.96 bits per heavy atom. The van der Waals surface area contributed by atoms with E-state index in [1.165, 1.54) is 28.5 Å². The van der Waals surface area contributed by atoms with Crippen LogP contribution in [-0.4, -0.2) is 24.1 Å². The quantitative estimate of drug-likeness (QED) is 0.725. The van der Waals surface area contributed by atoms with Crippen LogP contribution in [-0.2, 0) is 12.8 Å². The fourth-order valence-corrected chi connectivity index (χ4v) is 3.59. The summed E-state index contributed by atoms with van der Waals surface area (Å²) in [6.45, 7) is 1.98. The molecule has 4 rings (SSSR count). The highest BCUT2D eigenvalue weighted by Crippen LogP contribution is 2.36. The number of ether oxygens (including phenoxy) is 1. The third-order valence-electron chi connectivity index (χ3n) is 4.77. The smallest absolute Gasteiger partial charge is 0.139 e. The first-order valence-corrected chi connectivity index (χ1v) is 8.34. The van der Waals surface area contributed by atoms with Crippen LogP contribution in [0.25, 0.3) is 10.8 Å². The molecule has 0 fully saturated rings. The number of aryl methyl sites for hydroxylation is 2. The summed E-state index contributed by atoms with van der Waals surface area (Å²) >= 11 is 0. The molecule has 0 N–H and O–H groups in total. The lowest BCUT2D eigenvalue weighted by Crippen LogP contribution is -2.15. The van der Waals surface area contributed by atoms with Crippen LogP contribution >= 0.6 is 0 Å². The number of hydrogen-bond acceptors (Lipinski definition) is 4. The van der Waals surface area contributed by atoms with Gasteiger partial charge in [0.1, 0.15) is 17.4 Å². The number of aromatic nitrogens is 2. The van der Waals surface area contributed by atoms with Gasteiger partial charge in [-0.15, -0.1) is 0 Å². The number of anilines is 2. The van der Waals surface area contributed by atoms with Gasteiger partial charge < -0.3 is 9.64 Å². The van der Waals surface area contributed by atoms with Crippen LogP contribution in [0.3, 0.4) is 0 Å². The van der Waals surface area contributed by atoms with Crippen LogP contribution in [0.4, 0.5) is 11.5 Å². The second-order valence-electron chi connectivity index (χ2n) is 6.30. The first-order chi connectivity index (χ1) is 11.7. The van der Waals surface area contributed by atoms with Crippen LogP contribution < -0.4 is 9.64 Å². The van der Waals surface area contributed by atoms with Crippen molar-refractivity contribution in [3.63, 3.8) is 0 Å². The molecule has 4 nitrogen and oxygen atoms in total. The Morgan fingerprint density at radius 1 is 1.08 bits per heavy atom. The molecule has 1 aromatic heterocycles. The lowest BCUT2D eigenvalue weighted by atomic mass is 10.1. The van der Waals surface area contributed by atoms with Gasteiger partial charge in [-0.3, -0.25) is 0 Å². The largest absolute Gasteiger partial charge is 0.497 e. The van der Waals surface area contributed by atoms with Gasteiger partial charge in [0.05, 0.1) is 7.11 Å². The topological polar surface area (TPSA) is 38.2 Å². The first-order valence-electron chi connectivity index (χ1n) is 8.34. The zero-order chi connectivity index (χ0) is 16.7. The van der Waals surface area contributed by atoms with Crippen molar-refractivity contribution >= 4 is 22.3 Å². The molecule has 0 saturated heterocycles. The van der Waals surface area contributed by atoms with Crippen molar-refractivity contribution < 1.29 is 4.74 Å². The summed E-state index contributed by atoms with van der Waals surface area (Å²) in [4.78, 5) is 11.6. The maximum atomic E-state index is 5.35. The van der Waals surface area contributed by atoms with Crippen LogP contribution in [0.15, 0.2) is 36.4 Å². The molecule has 4 heteroatoms. The van der Waals surface area contributed by atoms with E-state index in [1.807, 2.05) is 13.0 Å². The molecule has 0 amide bonds. The van der Waals surface area contributed by atoms with Crippen molar-refractivity contribution in [3.8, 4) is 5.75 Å². The van der Waals surface area contributed by atoms with E-state index in [1.54, 1.807) is 7.11 Å². The molecule has 24 heavy (non-hydrogen) atoms. The molecule has 0 radical (unpaired) electrons. The highest BCUT2D eigenvalue weighted by molar-refractivity contribution is 5.96. The predicted molar refractivity (Wildman–Crippen MR) is 97.4 cm³/mol. The van der Waals surface area contributed by atoms with E-state index in [0.29, 0.717) is 0 Å². The monoisotopic (exact) mass is 319 g/mol. The number of hydrogen-bond donors (Lipinski definition) is 0. The van der Waals surface area contributed by atoms with Gasteiger partial charge in [-0.05, 0) is 55.8 Å². The molecule has 3 aromatic rings. The Labute approximate surface area is 142 Å². The van der Waals surface area contributed by atoms with Crippen molar-refractivity contribution in [3.05, 3.63) is 53.5 Å². The lowest BCUT2D eigenvalue weighted by molar-refractivity contribution is 0.415. The summed E-state index contributed by atoms with van der Waals surface area (Å²) in [5.41, 5.74) is 3.67. The zero-order valence-corrected chi connectivity index (χ0v) is 14.3. The molecule has 1 aliphatic rings. The van der Waals surface area contributed by atoms with Crippen LogP contribution in [0, 0.1) is 6.92 Å². The van der Waals surface area contributed by atoms with Gasteiger partial charge in [0.15, 0.2) is 0 Å². The minimum absolute atomic E-state index is 0.847. The summed E-state index contributed by atoms with van der Waals surface area (Å²) in [6, 6.07) is 12.5. The number of nitrogens with zero attached hydrogens (tertiary/aromatic N) is 3. The summed E-state index contributed by atoms with van der Waals surface area (Å²) in [5.74, 6) is 2.76. The third-order valence-corrected chi connectivity index (χ3v) is 4.77. The Bertz CT molecular complexity index is 920. The molecular formula is C20H21N3O. The van der Waals surface area contributed by atoms with Gasteiger partial charge in [0, 0.05) is 29.4 Å². The highest BCUT2D eigenvalue weighted by atomic mass is 16.5. The van der Waals surface area contributed by atoms with Crippen molar-refractivity contribution in [2.45, 2.75) is 26.2 Å². The molecule has 0 spiro atoms. The fraction of sp³-hybridized carbons (Fsp3) is 0.300. The lowest BCUT2D eigenvalue weighted by Gasteiger charge is -2.23. The molecule has 0 saturated carbocycles. The molecule has 122 valence electrons. The number of fused-ring (bicyclic) bond motifs is 2. The van der Waals surface area contributed by atoms with Crippen molar-refractivity contribution in [1.82, 2.24) is 9.97 Å². The van der Waals surface area contributed by atoms with Crippen LogP contribution in [0.1, 0.15) is 23.5 Å². The van der Waals surface area contributed by atoms with E-state index in [4.69, 9.17) is 9.72 Å². The van der Waals surface area contributed by atoms with Gasteiger partial charge >= 0.3 is 0 Å². The van der Waals surface area contributed by atoms with E-state index >= 15 is 0 Å². The molecule has 0 atom stereocenters. The minimum Gasteiger partial charge on any atom is -0.497 e. The molecule has 2 aromatic carbocycles. The van der Waals surface area contributed by atoms with Crippen molar-refractivity contribution in [2.75, 3.05) is 19.1 Å². The SMILES string of the molecule is COc1ccc2c(N(C)c3nc(C)nc4c3CCC4)cccc2c1. The second kappa shape index (κ2) is 5.78. The predicted octanol–water partition coefficient (Wildman–Crippen LogP) is 4.20. The molecule has 0 unspecified atom stereocenters. The Morgan fingerprint density at radius 3 is 2.79 bits per heavy atom. The van der Waals surface area contributed by atoms with Crippen molar-refractivity contribution in [1.29, 1.82) is 0 Å². The van der Waals surface area contributed by atoms with Gasteiger partial charge in [-0.1, -0.05) is 12.1 Å².